The average molecular weight is 404 g/mol. The minimum absolute atomic E-state index is 0. The number of hydrogen-bond donors (Lipinski definition) is 1. The van der Waals surface area contributed by atoms with Gasteiger partial charge in [0.1, 0.15) is 5.75 Å². The number of methoxy groups -OCH3 is 1. The van der Waals surface area contributed by atoms with E-state index in [4.69, 9.17) is 4.74 Å². The highest BCUT2D eigenvalue weighted by atomic mass is 35.5. The number of halogens is 4. The van der Waals surface area contributed by atoms with Gasteiger partial charge in [0.15, 0.2) is 5.60 Å². The van der Waals surface area contributed by atoms with Crippen LogP contribution in [0.15, 0.2) is 54.6 Å². The summed E-state index contributed by atoms with van der Waals surface area (Å²) in [5.41, 5.74) is -2.47. The van der Waals surface area contributed by atoms with E-state index in [0.29, 0.717) is 0 Å². The third kappa shape index (κ3) is 5.37. The first kappa shape index (κ1) is 23.3. The second-order valence-corrected chi connectivity index (χ2v) is 6.64. The summed E-state index contributed by atoms with van der Waals surface area (Å²) >= 11 is 0. The highest BCUT2D eigenvalue weighted by Crippen LogP contribution is 2.46. The van der Waals surface area contributed by atoms with Crippen LogP contribution in [-0.4, -0.2) is 43.9 Å². The van der Waals surface area contributed by atoms with Gasteiger partial charge in [-0.25, -0.2) is 0 Å². The van der Waals surface area contributed by atoms with Gasteiger partial charge in [0, 0.05) is 12.5 Å². The Hall–Kier alpha value is -1.76. The second kappa shape index (κ2) is 9.44. The number of hydrogen-bond acceptors (Lipinski definition) is 3. The third-order valence-electron chi connectivity index (χ3n) is 4.44. The number of aliphatic hydroxyl groups is 1. The summed E-state index contributed by atoms with van der Waals surface area (Å²) in [6.45, 7) is 0.0715. The van der Waals surface area contributed by atoms with Gasteiger partial charge in [-0.15, -0.1) is 12.4 Å². The summed E-state index contributed by atoms with van der Waals surface area (Å²) in [6.07, 6.45) is -4.75. The van der Waals surface area contributed by atoms with Crippen molar-refractivity contribution < 1.29 is 23.0 Å². The molecule has 0 spiro atoms. The number of ether oxygens (including phenoxy) is 1. The lowest BCUT2D eigenvalue weighted by Crippen LogP contribution is -2.52. The van der Waals surface area contributed by atoms with Crippen LogP contribution in [0.4, 0.5) is 13.2 Å². The molecule has 0 bridgehead atoms. The van der Waals surface area contributed by atoms with E-state index in [1.165, 1.54) is 25.3 Å². The van der Waals surface area contributed by atoms with Crippen molar-refractivity contribution in [3.05, 3.63) is 65.7 Å². The molecule has 0 saturated carbocycles. The van der Waals surface area contributed by atoms with Gasteiger partial charge in [-0.3, -0.25) is 0 Å². The molecule has 2 aromatic carbocycles. The lowest BCUT2D eigenvalue weighted by atomic mass is 9.77. The number of benzene rings is 2. The first-order chi connectivity index (χ1) is 12.2. The van der Waals surface area contributed by atoms with Crippen molar-refractivity contribution in [3.63, 3.8) is 0 Å². The Bertz CT molecular complexity index is 710. The SMILES string of the molecule is COc1cccc(C(O)(C(Cc2ccccc2)CN(C)C)C(F)(F)F)c1.Cl. The molecule has 2 unspecified atom stereocenters. The molecule has 0 aliphatic heterocycles. The first-order valence-corrected chi connectivity index (χ1v) is 8.30. The Morgan fingerprint density at radius 3 is 2.19 bits per heavy atom. The fourth-order valence-corrected chi connectivity index (χ4v) is 3.17. The molecular formula is C20H25ClF3NO2. The first-order valence-electron chi connectivity index (χ1n) is 8.30. The van der Waals surface area contributed by atoms with Crippen LogP contribution in [0.25, 0.3) is 0 Å². The summed E-state index contributed by atoms with van der Waals surface area (Å²) in [4.78, 5) is 1.66. The largest absolute Gasteiger partial charge is 0.497 e. The molecule has 0 aromatic heterocycles. The zero-order valence-electron chi connectivity index (χ0n) is 15.5. The molecule has 0 fully saturated rings. The van der Waals surface area contributed by atoms with Crippen LogP contribution in [0.3, 0.4) is 0 Å². The van der Waals surface area contributed by atoms with E-state index in [0.717, 1.165) is 5.56 Å². The fourth-order valence-electron chi connectivity index (χ4n) is 3.17. The van der Waals surface area contributed by atoms with Crippen molar-refractivity contribution in [2.75, 3.05) is 27.7 Å². The maximum atomic E-state index is 14.1. The minimum atomic E-state index is -4.84. The third-order valence-corrected chi connectivity index (χ3v) is 4.44. The topological polar surface area (TPSA) is 32.7 Å². The Morgan fingerprint density at radius 2 is 1.67 bits per heavy atom. The van der Waals surface area contributed by atoms with Crippen molar-refractivity contribution in [1.29, 1.82) is 0 Å². The van der Waals surface area contributed by atoms with Crippen molar-refractivity contribution in [1.82, 2.24) is 4.90 Å². The minimum Gasteiger partial charge on any atom is -0.497 e. The van der Waals surface area contributed by atoms with E-state index in [2.05, 4.69) is 0 Å². The number of alkyl halides is 3. The van der Waals surface area contributed by atoms with Gasteiger partial charge in [0.05, 0.1) is 7.11 Å². The summed E-state index contributed by atoms with van der Waals surface area (Å²) in [5, 5.41) is 11.0. The molecule has 1 N–H and O–H groups in total. The molecule has 2 atom stereocenters. The smallest absolute Gasteiger partial charge is 0.421 e. The van der Waals surface area contributed by atoms with Crippen LogP contribution in [-0.2, 0) is 12.0 Å². The van der Waals surface area contributed by atoms with Crippen molar-refractivity contribution in [2.45, 2.75) is 18.2 Å². The molecule has 0 radical (unpaired) electrons. The summed E-state index contributed by atoms with van der Waals surface area (Å²) < 4.78 is 47.4. The number of rotatable bonds is 7. The van der Waals surface area contributed by atoms with Crippen molar-refractivity contribution >= 4 is 12.4 Å². The quantitative estimate of drug-likeness (QED) is 0.748. The van der Waals surface area contributed by atoms with Crippen LogP contribution in [0.2, 0.25) is 0 Å². The predicted octanol–water partition coefficient (Wildman–Crippen LogP) is 4.29. The van der Waals surface area contributed by atoms with Gasteiger partial charge in [-0.05, 0) is 43.8 Å². The number of nitrogens with zero attached hydrogens (tertiary/aromatic N) is 1. The Labute approximate surface area is 164 Å². The zero-order valence-corrected chi connectivity index (χ0v) is 16.3. The molecule has 0 saturated heterocycles. The van der Waals surface area contributed by atoms with E-state index in [-0.39, 0.29) is 36.7 Å². The molecule has 7 heteroatoms. The average Bonchev–Trinajstić information content (AvgIpc) is 2.60. The van der Waals surface area contributed by atoms with E-state index in [1.807, 2.05) is 6.07 Å². The highest BCUT2D eigenvalue weighted by Gasteiger charge is 2.59. The fraction of sp³-hybridized carbons (Fsp3) is 0.400. The van der Waals surface area contributed by atoms with Crippen LogP contribution in [0.5, 0.6) is 5.75 Å². The van der Waals surface area contributed by atoms with Crippen molar-refractivity contribution in [2.24, 2.45) is 5.92 Å². The van der Waals surface area contributed by atoms with Crippen LogP contribution >= 0.6 is 12.4 Å². The van der Waals surface area contributed by atoms with E-state index < -0.39 is 17.7 Å². The highest BCUT2D eigenvalue weighted by molar-refractivity contribution is 5.85. The normalized spacial score (nSPS) is 15.0. The molecule has 0 heterocycles. The Balaban J connectivity index is 0.00000364. The zero-order chi connectivity index (χ0) is 19.4. The van der Waals surface area contributed by atoms with Crippen molar-refractivity contribution in [3.8, 4) is 5.75 Å². The molecule has 0 aliphatic rings. The summed E-state index contributed by atoms with van der Waals surface area (Å²) in [6, 6.07) is 14.5. The lowest BCUT2D eigenvalue weighted by molar-refractivity contribution is -0.288. The van der Waals surface area contributed by atoms with Gasteiger partial charge in [0.2, 0.25) is 0 Å². The van der Waals surface area contributed by atoms with Gasteiger partial charge >= 0.3 is 6.18 Å². The van der Waals surface area contributed by atoms with Gasteiger partial charge in [-0.1, -0.05) is 42.5 Å². The van der Waals surface area contributed by atoms with E-state index in [9.17, 15) is 18.3 Å². The molecule has 2 aromatic rings. The lowest BCUT2D eigenvalue weighted by Gasteiger charge is -2.39. The Morgan fingerprint density at radius 1 is 1.04 bits per heavy atom. The van der Waals surface area contributed by atoms with E-state index in [1.54, 1.807) is 49.3 Å². The molecule has 150 valence electrons. The maximum Gasteiger partial charge on any atom is 0.421 e. The molecule has 3 nitrogen and oxygen atoms in total. The molecule has 0 aliphatic carbocycles. The van der Waals surface area contributed by atoms with Crippen LogP contribution < -0.4 is 4.74 Å². The Kier molecular flexibility index (Phi) is 8.14. The standard InChI is InChI=1S/C20H24F3NO2.ClH/c1-24(2)14-17(12-15-8-5-4-6-9-15)19(25,20(21,22)23)16-10-7-11-18(13-16)26-3;/h4-11,13,17,25H,12,14H2,1-3H3;1H. The van der Waals surface area contributed by atoms with Gasteiger partial charge in [0.25, 0.3) is 0 Å². The monoisotopic (exact) mass is 403 g/mol. The molecular weight excluding hydrogens is 379 g/mol. The van der Waals surface area contributed by atoms with Crippen LogP contribution in [0, 0.1) is 5.92 Å². The molecule has 27 heavy (non-hydrogen) atoms. The van der Waals surface area contributed by atoms with E-state index >= 15 is 0 Å². The summed E-state index contributed by atoms with van der Waals surface area (Å²) in [7, 11) is 4.77. The maximum absolute atomic E-state index is 14.1. The second-order valence-electron chi connectivity index (χ2n) is 6.64. The van der Waals surface area contributed by atoms with Gasteiger partial charge < -0.3 is 14.7 Å². The van der Waals surface area contributed by atoms with Crippen LogP contribution in [0.1, 0.15) is 11.1 Å². The van der Waals surface area contributed by atoms with Gasteiger partial charge in [-0.2, -0.15) is 13.2 Å². The summed E-state index contributed by atoms with van der Waals surface area (Å²) in [5.74, 6) is -0.819. The predicted molar refractivity (Wildman–Crippen MR) is 102 cm³/mol. The molecule has 2 rings (SSSR count). The molecule has 0 amide bonds.